The quantitative estimate of drug-likeness (QED) is 0.872. The predicted molar refractivity (Wildman–Crippen MR) is 75.1 cm³/mol. The number of rotatable bonds is 4. The first-order valence-corrected chi connectivity index (χ1v) is 6.79. The molecule has 0 spiro atoms. The fourth-order valence-corrected chi connectivity index (χ4v) is 2.64. The summed E-state index contributed by atoms with van der Waals surface area (Å²) in [5, 5.41) is 4.59. The second kappa shape index (κ2) is 6.18. The Bertz CT molecular complexity index is 546. The van der Waals surface area contributed by atoms with E-state index in [9.17, 15) is 0 Å². The normalized spacial score (nSPS) is 10.6. The van der Waals surface area contributed by atoms with Crippen LogP contribution in [0.2, 0.25) is 5.02 Å². The van der Waals surface area contributed by atoms with Gasteiger partial charge in [0.05, 0.1) is 0 Å². The molecule has 0 radical (unpaired) electrons. The van der Waals surface area contributed by atoms with Gasteiger partial charge in [-0.1, -0.05) is 17.7 Å². The third-order valence-corrected chi connectivity index (χ3v) is 3.59. The molecule has 0 amide bonds. The minimum absolute atomic E-state index is 0.743. The lowest BCUT2D eigenvalue weighted by Crippen LogP contribution is -2.05. The van der Waals surface area contributed by atoms with E-state index in [1.54, 1.807) is 6.20 Å². The van der Waals surface area contributed by atoms with E-state index in [-0.39, 0.29) is 0 Å². The molecular formula is C13H14ClN3S. The second-order valence-electron chi connectivity index (χ2n) is 3.87. The van der Waals surface area contributed by atoms with Crippen molar-refractivity contribution < 1.29 is 0 Å². The van der Waals surface area contributed by atoms with Crippen molar-refractivity contribution in [3.63, 3.8) is 0 Å². The van der Waals surface area contributed by atoms with Crippen LogP contribution in [0.1, 0.15) is 11.3 Å². The fourth-order valence-electron chi connectivity index (χ4n) is 1.51. The van der Waals surface area contributed by atoms with Crippen molar-refractivity contribution in [2.45, 2.75) is 23.5 Å². The SMILES string of the molecule is CNCc1ccc(Sc2nccc(C)n2)cc1Cl. The molecule has 0 unspecified atom stereocenters. The maximum atomic E-state index is 6.21. The molecule has 0 aliphatic heterocycles. The maximum Gasteiger partial charge on any atom is 0.192 e. The van der Waals surface area contributed by atoms with E-state index < -0.39 is 0 Å². The van der Waals surface area contributed by atoms with Crippen molar-refractivity contribution in [2.24, 2.45) is 0 Å². The van der Waals surface area contributed by atoms with E-state index in [0.717, 1.165) is 32.9 Å². The topological polar surface area (TPSA) is 37.8 Å². The summed E-state index contributed by atoms with van der Waals surface area (Å²) in [6.45, 7) is 2.72. The predicted octanol–water partition coefficient (Wildman–Crippen LogP) is 3.31. The minimum Gasteiger partial charge on any atom is -0.316 e. The zero-order valence-electron chi connectivity index (χ0n) is 10.3. The van der Waals surface area contributed by atoms with Crippen LogP contribution in [0.4, 0.5) is 0 Å². The van der Waals surface area contributed by atoms with Gasteiger partial charge in [-0.25, -0.2) is 9.97 Å². The molecule has 0 fully saturated rings. The summed E-state index contributed by atoms with van der Waals surface area (Å²) < 4.78 is 0. The highest BCUT2D eigenvalue weighted by atomic mass is 35.5. The molecule has 2 rings (SSSR count). The molecule has 0 aliphatic carbocycles. The Hall–Kier alpha value is -1.10. The second-order valence-corrected chi connectivity index (χ2v) is 5.31. The summed E-state index contributed by atoms with van der Waals surface area (Å²) in [4.78, 5) is 9.62. The van der Waals surface area contributed by atoms with Crippen molar-refractivity contribution in [3.8, 4) is 0 Å². The van der Waals surface area contributed by atoms with E-state index in [2.05, 4.69) is 15.3 Å². The van der Waals surface area contributed by atoms with Crippen molar-refractivity contribution in [3.05, 3.63) is 46.7 Å². The van der Waals surface area contributed by atoms with Gasteiger partial charge in [0.15, 0.2) is 5.16 Å². The van der Waals surface area contributed by atoms with Crippen molar-refractivity contribution in [1.29, 1.82) is 0 Å². The van der Waals surface area contributed by atoms with Crippen LogP contribution in [0.5, 0.6) is 0 Å². The number of aryl methyl sites for hydroxylation is 1. The highest BCUT2D eigenvalue weighted by molar-refractivity contribution is 7.99. The number of nitrogens with zero attached hydrogens (tertiary/aromatic N) is 2. The molecule has 1 N–H and O–H groups in total. The van der Waals surface area contributed by atoms with Gasteiger partial charge in [-0.2, -0.15) is 0 Å². The molecule has 18 heavy (non-hydrogen) atoms. The molecule has 94 valence electrons. The number of benzene rings is 1. The minimum atomic E-state index is 0.743. The van der Waals surface area contributed by atoms with Gasteiger partial charge in [-0.3, -0.25) is 0 Å². The van der Waals surface area contributed by atoms with Crippen LogP contribution >= 0.6 is 23.4 Å². The lowest BCUT2D eigenvalue weighted by atomic mass is 10.2. The van der Waals surface area contributed by atoms with Crippen LogP contribution < -0.4 is 5.32 Å². The molecule has 0 atom stereocenters. The molecule has 0 saturated carbocycles. The Kier molecular flexibility index (Phi) is 4.58. The van der Waals surface area contributed by atoms with Crippen LogP contribution in [-0.2, 0) is 6.54 Å². The summed E-state index contributed by atoms with van der Waals surface area (Å²) in [7, 11) is 1.90. The Morgan fingerprint density at radius 3 is 2.83 bits per heavy atom. The third-order valence-electron chi connectivity index (χ3n) is 2.37. The van der Waals surface area contributed by atoms with Crippen LogP contribution in [0.15, 0.2) is 40.5 Å². The lowest BCUT2D eigenvalue weighted by molar-refractivity contribution is 0.817. The van der Waals surface area contributed by atoms with E-state index in [1.807, 2.05) is 38.2 Å². The van der Waals surface area contributed by atoms with Gasteiger partial charge >= 0.3 is 0 Å². The van der Waals surface area contributed by atoms with Crippen molar-refractivity contribution in [2.75, 3.05) is 7.05 Å². The van der Waals surface area contributed by atoms with Crippen molar-refractivity contribution >= 4 is 23.4 Å². The standard InChI is InChI=1S/C13H14ClN3S/c1-9-5-6-16-13(17-9)18-11-4-3-10(8-15-2)12(14)7-11/h3-7,15H,8H2,1-2H3. The summed E-state index contributed by atoms with van der Waals surface area (Å²) in [5.74, 6) is 0. The van der Waals surface area contributed by atoms with Gasteiger partial charge in [0.25, 0.3) is 0 Å². The first-order valence-electron chi connectivity index (χ1n) is 5.59. The van der Waals surface area contributed by atoms with Gasteiger partial charge in [0.2, 0.25) is 0 Å². The Balaban J connectivity index is 2.17. The first-order chi connectivity index (χ1) is 8.69. The van der Waals surface area contributed by atoms with Crippen LogP contribution in [0.25, 0.3) is 0 Å². The van der Waals surface area contributed by atoms with Gasteiger partial charge in [-0.05, 0) is 49.5 Å². The summed E-state index contributed by atoms with van der Waals surface area (Å²) in [6.07, 6.45) is 1.77. The highest BCUT2D eigenvalue weighted by Crippen LogP contribution is 2.28. The van der Waals surface area contributed by atoms with Crippen molar-refractivity contribution in [1.82, 2.24) is 15.3 Å². The summed E-state index contributed by atoms with van der Waals surface area (Å²) in [6, 6.07) is 7.89. The van der Waals surface area contributed by atoms with Gasteiger partial charge in [0.1, 0.15) is 0 Å². The molecule has 5 heteroatoms. The fraction of sp³-hybridized carbons (Fsp3) is 0.231. The molecule has 3 nitrogen and oxygen atoms in total. The average Bonchev–Trinajstić information content (AvgIpc) is 2.33. The number of aromatic nitrogens is 2. The largest absolute Gasteiger partial charge is 0.316 e. The van der Waals surface area contributed by atoms with Gasteiger partial charge in [-0.15, -0.1) is 0 Å². The van der Waals surface area contributed by atoms with Crippen LogP contribution in [0.3, 0.4) is 0 Å². The van der Waals surface area contributed by atoms with E-state index in [1.165, 1.54) is 11.8 Å². The number of hydrogen-bond acceptors (Lipinski definition) is 4. The molecule has 0 saturated heterocycles. The molecule has 1 aromatic carbocycles. The maximum absolute atomic E-state index is 6.21. The molecule has 0 bridgehead atoms. The van der Waals surface area contributed by atoms with Crippen LogP contribution in [0, 0.1) is 6.92 Å². The Morgan fingerprint density at radius 1 is 1.33 bits per heavy atom. The van der Waals surface area contributed by atoms with E-state index >= 15 is 0 Å². The third kappa shape index (κ3) is 3.45. The van der Waals surface area contributed by atoms with Gasteiger partial charge in [0, 0.05) is 28.4 Å². The summed E-state index contributed by atoms with van der Waals surface area (Å²) >= 11 is 7.73. The molecule has 1 heterocycles. The first kappa shape index (κ1) is 13.3. The summed E-state index contributed by atoms with van der Waals surface area (Å²) in [5.41, 5.74) is 2.05. The Labute approximate surface area is 116 Å². The zero-order valence-corrected chi connectivity index (χ0v) is 11.8. The average molecular weight is 280 g/mol. The monoisotopic (exact) mass is 279 g/mol. The number of hydrogen-bond donors (Lipinski definition) is 1. The highest BCUT2D eigenvalue weighted by Gasteiger charge is 2.04. The number of halogens is 1. The smallest absolute Gasteiger partial charge is 0.192 e. The van der Waals surface area contributed by atoms with E-state index in [4.69, 9.17) is 11.6 Å². The number of nitrogens with one attached hydrogen (secondary N) is 1. The molecular weight excluding hydrogens is 266 g/mol. The lowest BCUT2D eigenvalue weighted by Gasteiger charge is -2.06. The van der Waals surface area contributed by atoms with Crippen LogP contribution in [-0.4, -0.2) is 17.0 Å². The van der Waals surface area contributed by atoms with Gasteiger partial charge < -0.3 is 5.32 Å². The zero-order chi connectivity index (χ0) is 13.0. The molecule has 1 aromatic heterocycles. The molecule has 2 aromatic rings. The Morgan fingerprint density at radius 2 is 2.17 bits per heavy atom. The van der Waals surface area contributed by atoms with E-state index in [0.29, 0.717) is 0 Å². The molecule has 0 aliphatic rings.